The van der Waals surface area contributed by atoms with Crippen LogP contribution in [0.3, 0.4) is 0 Å². The van der Waals surface area contributed by atoms with Gasteiger partial charge in [0.15, 0.2) is 5.84 Å². The second kappa shape index (κ2) is 6.53. The number of nitrogens with one attached hydrogen (secondary N) is 1. The standard InChI is InChI=1S/C14H12BrF2N3O/c15-9-4-5-12(11(16)6-9)19-7-8-2-1-3-10(13(8)17)14(18)20-21/h1-6,19,21H,7H2,(H2,18,20). The lowest BCUT2D eigenvalue weighted by molar-refractivity contribution is 0.318. The lowest BCUT2D eigenvalue weighted by Gasteiger charge is -2.10. The summed E-state index contributed by atoms with van der Waals surface area (Å²) in [7, 11) is 0. The van der Waals surface area contributed by atoms with Crippen molar-refractivity contribution in [1.82, 2.24) is 0 Å². The molecule has 0 radical (unpaired) electrons. The third kappa shape index (κ3) is 3.49. The van der Waals surface area contributed by atoms with Gasteiger partial charge in [-0.15, -0.1) is 0 Å². The highest BCUT2D eigenvalue weighted by molar-refractivity contribution is 9.10. The van der Waals surface area contributed by atoms with E-state index in [1.165, 1.54) is 18.2 Å². The average Bonchev–Trinajstić information content (AvgIpc) is 2.47. The molecule has 2 aromatic rings. The van der Waals surface area contributed by atoms with E-state index < -0.39 is 11.6 Å². The average molecular weight is 356 g/mol. The van der Waals surface area contributed by atoms with Gasteiger partial charge in [-0.3, -0.25) is 0 Å². The van der Waals surface area contributed by atoms with Crippen LogP contribution in [0.25, 0.3) is 0 Å². The Morgan fingerprint density at radius 3 is 2.71 bits per heavy atom. The Morgan fingerprint density at radius 2 is 2.05 bits per heavy atom. The topological polar surface area (TPSA) is 70.6 Å². The van der Waals surface area contributed by atoms with Gasteiger partial charge in [-0.2, -0.15) is 0 Å². The van der Waals surface area contributed by atoms with Gasteiger partial charge in [0.25, 0.3) is 0 Å². The van der Waals surface area contributed by atoms with Crippen molar-refractivity contribution in [3.63, 3.8) is 0 Å². The molecule has 0 spiro atoms. The van der Waals surface area contributed by atoms with Crippen LogP contribution in [-0.2, 0) is 6.54 Å². The van der Waals surface area contributed by atoms with Gasteiger partial charge in [-0.05, 0) is 24.3 Å². The van der Waals surface area contributed by atoms with Crippen molar-refractivity contribution < 1.29 is 14.0 Å². The minimum atomic E-state index is -0.613. The second-order valence-electron chi connectivity index (χ2n) is 4.24. The first kappa shape index (κ1) is 15.2. The first-order valence-electron chi connectivity index (χ1n) is 5.97. The Hall–Kier alpha value is -2.15. The Morgan fingerprint density at radius 1 is 1.29 bits per heavy atom. The third-order valence-corrected chi connectivity index (χ3v) is 3.36. The maximum atomic E-state index is 14.2. The van der Waals surface area contributed by atoms with Crippen LogP contribution in [-0.4, -0.2) is 11.0 Å². The number of oxime groups is 1. The highest BCUT2D eigenvalue weighted by Gasteiger charge is 2.12. The van der Waals surface area contributed by atoms with Gasteiger partial charge >= 0.3 is 0 Å². The molecule has 110 valence electrons. The van der Waals surface area contributed by atoms with Crippen molar-refractivity contribution in [3.8, 4) is 0 Å². The van der Waals surface area contributed by atoms with Crippen LogP contribution < -0.4 is 11.1 Å². The molecule has 0 atom stereocenters. The highest BCUT2D eigenvalue weighted by Crippen LogP contribution is 2.21. The third-order valence-electron chi connectivity index (χ3n) is 2.86. The summed E-state index contributed by atoms with van der Waals surface area (Å²) in [4.78, 5) is 0. The first-order valence-corrected chi connectivity index (χ1v) is 6.76. The molecule has 0 aliphatic heterocycles. The predicted octanol–water partition coefficient (Wildman–Crippen LogP) is 3.43. The van der Waals surface area contributed by atoms with E-state index >= 15 is 0 Å². The molecule has 0 heterocycles. The molecule has 21 heavy (non-hydrogen) atoms. The smallest absolute Gasteiger partial charge is 0.173 e. The lowest BCUT2D eigenvalue weighted by Crippen LogP contribution is -2.16. The number of hydrogen-bond donors (Lipinski definition) is 3. The molecule has 2 rings (SSSR count). The normalized spacial score (nSPS) is 11.5. The Bertz CT molecular complexity index is 692. The summed E-state index contributed by atoms with van der Waals surface area (Å²) in [6, 6.07) is 9.04. The van der Waals surface area contributed by atoms with Gasteiger partial charge < -0.3 is 16.3 Å². The van der Waals surface area contributed by atoms with Gasteiger partial charge in [0.05, 0.1) is 11.3 Å². The maximum Gasteiger partial charge on any atom is 0.173 e. The van der Waals surface area contributed by atoms with Crippen LogP contribution in [0.5, 0.6) is 0 Å². The van der Waals surface area contributed by atoms with Crippen molar-refractivity contribution in [2.45, 2.75) is 6.54 Å². The molecule has 4 N–H and O–H groups in total. The number of halogens is 3. The molecule has 0 aliphatic carbocycles. The fourth-order valence-corrected chi connectivity index (χ4v) is 2.12. The lowest BCUT2D eigenvalue weighted by atomic mass is 10.1. The predicted molar refractivity (Wildman–Crippen MR) is 80.3 cm³/mol. The van der Waals surface area contributed by atoms with E-state index in [2.05, 4.69) is 26.4 Å². The van der Waals surface area contributed by atoms with Gasteiger partial charge in [0.2, 0.25) is 0 Å². The quantitative estimate of drug-likeness (QED) is 0.340. The minimum absolute atomic E-state index is 0.00641. The fraction of sp³-hybridized carbons (Fsp3) is 0.0714. The number of benzene rings is 2. The van der Waals surface area contributed by atoms with E-state index in [1.54, 1.807) is 18.2 Å². The Kier molecular flexibility index (Phi) is 4.74. The number of amidine groups is 1. The van der Waals surface area contributed by atoms with E-state index in [4.69, 9.17) is 10.9 Å². The summed E-state index contributed by atoms with van der Waals surface area (Å²) < 4.78 is 28.4. The number of nitrogens with two attached hydrogens (primary N) is 1. The molecule has 0 unspecified atom stereocenters. The molecule has 0 aromatic heterocycles. The molecular formula is C14H12BrF2N3O. The Balaban J connectivity index is 2.21. The summed E-state index contributed by atoms with van der Waals surface area (Å²) in [5.41, 5.74) is 5.92. The molecule has 0 aliphatic rings. The minimum Gasteiger partial charge on any atom is -0.409 e. The highest BCUT2D eigenvalue weighted by atomic mass is 79.9. The summed E-state index contributed by atoms with van der Waals surface area (Å²) in [5.74, 6) is -1.38. The molecule has 7 heteroatoms. The molecule has 0 amide bonds. The summed E-state index contributed by atoms with van der Waals surface area (Å²) in [5, 5.41) is 14.2. The molecule has 4 nitrogen and oxygen atoms in total. The number of anilines is 1. The van der Waals surface area contributed by atoms with Gasteiger partial charge in [-0.25, -0.2) is 8.78 Å². The van der Waals surface area contributed by atoms with Crippen LogP contribution in [0.2, 0.25) is 0 Å². The first-order chi connectivity index (χ1) is 10.0. The van der Waals surface area contributed by atoms with Crippen LogP contribution >= 0.6 is 15.9 Å². The summed E-state index contributed by atoms with van der Waals surface area (Å²) in [6.07, 6.45) is 0. The molecule has 2 aromatic carbocycles. The zero-order chi connectivity index (χ0) is 15.4. The molecule has 0 saturated heterocycles. The zero-order valence-electron chi connectivity index (χ0n) is 10.8. The Labute approximate surface area is 128 Å². The van der Waals surface area contributed by atoms with Crippen LogP contribution in [0, 0.1) is 11.6 Å². The van der Waals surface area contributed by atoms with E-state index in [9.17, 15) is 8.78 Å². The molecule has 0 fully saturated rings. The molecule has 0 bridgehead atoms. The van der Waals surface area contributed by atoms with E-state index in [0.717, 1.165) is 0 Å². The van der Waals surface area contributed by atoms with Crippen molar-refractivity contribution in [3.05, 3.63) is 63.6 Å². The van der Waals surface area contributed by atoms with Crippen LogP contribution in [0.4, 0.5) is 14.5 Å². The van der Waals surface area contributed by atoms with Gasteiger partial charge in [0, 0.05) is 16.6 Å². The number of hydrogen-bond acceptors (Lipinski definition) is 3. The van der Waals surface area contributed by atoms with E-state index in [0.29, 0.717) is 4.47 Å². The SMILES string of the molecule is N/C(=N/O)c1cccc(CNc2ccc(Br)cc2F)c1F. The summed E-state index contributed by atoms with van der Waals surface area (Å²) >= 11 is 3.16. The maximum absolute atomic E-state index is 14.2. The summed E-state index contributed by atoms with van der Waals surface area (Å²) in [6.45, 7) is 0.0664. The van der Waals surface area contributed by atoms with Crippen LogP contribution in [0.1, 0.15) is 11.1 Å². The zero-order valence-corrected chi connectivity index (χ0v) is 12.4. The second-order valence-corrected chi connectivity index (χ2v) is 5.16. The number of nitrogens with zero attached hydrogens (tertiary/aromatic N) is 1. The monoisotopic (exact) mass is 355 g/mol. The van der Waals surface area contributed by atoms with Gasteiger partial charge in [-0.1, -0.05) is 33.2 Å². The van der Waals surface area contributed by atoms with Gasteiger partial charge in [0.1, 0.15) is 11.6 Å². The van der Waals surface area contributed by atoms with E-state index in [-0.39, 0.29) is 29.2 Å². The van der Waals surface area contributed by atoms with Crippen molar-refractivity contribution in [1.29, 1.82) is 0 Å². The molecule has 0 saturated carbocycles. The molecular weight excluding hydrogens is 344 g/mol. The number of rotatable bonds is 4. The fourth-order valence-electron chi connectivity index (χ4n) is 1.79. The van der Waals surface area contributed by atoms with E-state index in [1.807, 2.05) is 0 Å². The van der Waals surface area contributed by atoms with Crippen LogP contribution in [0.15, 0.2) is 46.0 Å². The van der Waals surface area contributed by atoms with Crippen molar-refractivity contribution in [2.75, 3.05) is 5.32 Å². The van der Waals surface area contributed by atoms with Crippen molar-refractivity contribution >= 4 is 27.5 Å². The van der Waals surface area contributed by atoms with Crippen molar-refractivity contribution in [2.24, 2.45) is 10.9 Å². The largest absolute Gasteiger partial charge is 0.409 e.